The molecule has 0 radical (unpaired) electrons. The second kappa shape index (κ2) is 8.78. The number of carbonyl (C=O) groups excluding carboxylic acids is 1. The summed E-state index contributed by atoms with van der Waals surface area (Å²) in [5, 5.41) is 2.80. The van der Waals surface area contributed by atoms with E-state index in [-0.39, 0.29) is 5.91 Å². The average Bonchev–Trinajstić information content (AvgIpc) is 2.75. The van der Waals surface area contributed by atoms with Gasteiger partial charge in [-0.1, -0.05) is 20.3 Å². The van der Waals surface area contributed by atoms with Crippen LogP contribution in [0.3, 0.4) is 0 Å². The summed E-state index contributed by atoms with van der Waals surface area (Å²) in [7, 11) is 0. The van der Waals surface area contributed by atoms with Gasteiger partial charge in [-0.15, -0.1) is 0 Å². The molecule has 5 heteroatoms. The van der Waals surface area contributed by atoms with Crippen molar-refractivity contribution in [1.82, 2.24) is 4.98 Å². The number of aromatic nitrogens is 1. The summed E-state index contributed by atoms with van der Waals surface area (Å²) in [6.45, 7) is 5.10. The minimum absolute atomic E-state index is 0.0331. The predicted molar refractivity (Wildman–Crippen MR) is 89.7 cm³/mol. The van der Waals surface area contributed by atoms with Crippen molar-refractivity contribution < 1.29 is 14.3 Å². The summed E-state index contributed by atoms with van der Waals surface area (Å²) in [6, 6.07) is 9.21. The maximum atomic E-state index is 11.4. The van der Waals surface area contributed by atoms with Gasteiger partial charge in [-0.3, -0.25) is 9.78 Å². The maximum absolute atomic E-state index is 11.4. The molecule has 0 saturated heterocycles. The highest BCUT2D eigenvalue weighted by Gasteiger charge is 2.14. The number of carbonyl (C=O) groups is 1. The number of rotatable bonds is 3. The summed E-state index contributed by atoms with van der Waals surface area (Å²) in [6.07, 6.45) is 5.07. The molecule has 1 aromatic heterocycles. The molecular formula is C18H22N2O3. The van der Waals surface area contributed by atoms with Crippen molar-refractivity contribution in [1.29, 1.82) is 0 Å². The van der Waals surface area contributed by atoms with Crippen molar-refractivity contribution in [2.75, 3.05) is 11.9 Å². The van der Waals surface area contributed by atoms with Crippen LogP contribution < -0.4 is 14.8 Å². The monoisotopic (exact) mass is 314 g/mol. The SMILES string of the molecule is CCC.O=C1CCOc2cc(OCc3ccncc3)ccc2N1. The van der Waals surface area contributed by atoms with Crippen molar-refractivity contribution in [3.63, 3.8) is 0 Å². The van der Waals surface area contributed by atoms with E-state index in [0.29, 0.717) is 36.8 Å². The first-order valence-electron chi connectivity index (χ1n) is 7.81. The van der Waals surface area contributed by atoms with Gasteiger partial charge in [-0.05, 0) is 29.8 Å². The molecule has 23 heavy (non-hydrogen) atoms. The molecule has 0 atom stereocenters. The lowest BCUT2D eigenvalue weighted by atomic mass is 10.2. The zero-order valence-electron chi connectivity index (χ0n) is 13.5. The maximum Gasteiger partial charge on any atom is 0.227 e. The number of pyridine rings is 1. The van der Waals surface area contributed by atoms with Crippen molar-refractivity contribution in [2.45, 2.75) is 33.3 Å². The lowest BCUT2D eigenvalue weighted by Crippen LogP contribution is -2.10. The second-order valence-corrected chi connectivity index (χ2v) is 5.16. The standard InChI is InChI=1S/C15H14N2O3.C3H8/c18-15-5-8-19-14-9-12(1-2-13(14)17-15)20-10-11-3-6-16-7-4-11;1-3-2/h1-4,6-7,9H,5,8,10H2,(H,17,18);3H2,1-2H3. The van der Waals surface area contributed by atoms with Crippen molar-refractivity contribution in [3.05, 3.63) is 48.3 Å². The number of anilines is 1. The number of hydrogen-bond donors (Lipinski definition) is 1. The molecule has 1 amide bonds. The third-order valence-corrected chi connectivity index (χ3v) is 2.97. The Morgan fingerprint density at radius 2 is 1.96 bits per heavy atom. The topological polar surface area (TPSA) is 60.5 Å². The van der Waals surface area contributed by atoms with Crippen molar-refractivity contribution >= 4 is 11.6 Å². The highest BCUT2D eigenvalue weighted by molar-refractivity contribution is 5.93. The van der Waals surface area contributed by atoms with E-state index in [1.165, 1.54) is 6.42 Å². The minimum Gasteiger partial charge on any atom is -0.491 e. The Balaban J connectivity index is 0.000000595. The van der Waals surface area contributed by atoms with Crippen LogP contribution in [-0.2, 0) is 11.4 Å². The molecule has 0 saturated carbocycles. The molecule has 2 heterocycles. The van der Waals surface area contributed by atoms with E-state index < -0.39 is 0 Å². The van der Waals surface area contributed by atoms with Crippen LogP contribution in [0.4, 0.5) is 5.69 Å². The van der Waals surface area contributed by atoms with Crippen LogP contribution in [0, 0.1) is 0 Å². The van der Waals surface area contributed by atoms with E-state index >= 15 is 0 Å². The Kier molecular flexibility index (Phi) is 6.41. The Bertz CT molecular complexity index is 629. The van der Waals surface area contributed by atoms with E-state index in [0.717, 1.165) is 5.56 Å². The van der Waals surface area contributed by atoms with E-state index in [1.54, 1.807) is 24.5 Å². The fraction of sp³-hybridized carbons (Fsp3) is 0.333. The molecule has 3 rings (SSSR count). The van der Waals surface area contributed by atoms with Crippen molar-refractivity contribution in [3.8, 4) is 11.5 Å². The first kappa shape index (κ1) is 16.8. The molecule has 1 N–H and O–H groups in total. The molecule has 2 aromatic rings. The Morgan fingerprint density at radius 3 is 2.70 bits per heavy atom. The summed E-state index contributed by atoms with van der Waals surface area (Å²) >= 11 is 0. The van der Waals surface area contributed by atoms with Crippen LogP contribution in [0.25, 0.3) is 0 Å². The fourth-order valence-electron chi connectivity index (χ4n) is 1.93. The van der Waals surface area contributed by atoms with Gasteiger partial charge in [0.2, 0.25) is 5.91 Å². The molecular weight excluding hydrogens is 292 g/mol. The van der Waals surface area contributed by atoms with E-state index in [1.807, 2.05) is 18.2 Å². The summed E-state index contributed by atoms with van der Waals surface area (Å²) in [5.41, 5.74) is 1.73. The molecule has 1 aliphatic heterocycles. The van der Waals surface area contributed by atoms with Gasteiger partial charge in [0.05, 0.1) is 18.7 Å². The number of hydrogen-bond acceptors (Lipinski definition) is 4. The van der Waals surface area contributed by atoms with Gasteiger partial charge in [0.1, 0.15) is 18.1 Å². The molecule has 0 bridgehead atoms. The first-order valence-corrected chi connectivity index (χ1v) is 7.81. The summed E-state index contributed by atoms with van der Waals surface area (Å²) < 4.78 is 11.2. The van der Waals surface area contributed by atoms with Gasteiger partial charge in [0.15, 0.2) is 0 Å². The van der Waals surface area contributed by atoms with Gasteiger partial charge in [-0.25, -0.2) is 0 Å². The third-order valence-electron chi connectivity index (χ3n) is 2.97. The lowest BCUT2D eigenvalue weighted by molar-refractivity contribution is -0.116. The van der Waals surface area contributed by atoms with Crippen LogP contribution in [0.15, 0.2) is 42.7 Å². The molecule has 0 fully saturated rings. The van der Waals surface area contributed by atoms with E-state index in [2.05, 4.69) is 24.1 Å². The number of benzene rings is 1. The highest BCUT2D eigenvalue weighted by atomic mass is 16.5. The summed E-state index contributed by atoms with van der Waals surface area (Å²) in [4.78, 5) is 15.4. The zero-order chi connectivity index (χ0) is 16.5. The molecule has 1 aliphatic rings. The Hall–Kier alpha value is -2.56. The minimum atomic E-state index is -0.0331. The quantitative estimate of drug-likeness (QED) is 0.936. The normalized spacial score (nSPS) is 12.7. The molecule has 0 aliphatic carbocycles. The fourth-order valence-corrected chi connectivity index (χ4v) is 1.93. The molecule has 5 nitrogen and oxygen atoms in total. The number of fused-ring (bicyclic) bond motifs is 1. The Morgan fingerprint density at radius 1 is 1.22 bits per heavy atom. The smallest absolute Gasteiger partial charge is 0.227 e. The molecule has 1 aromatic carbocycles. The lowest BCUT2D eigenvalue weighted by Gasteiger charge is -2.10. The van der Waals surface area contributed by atoms with E-state index in [9.17, 15) is 4.79 Å². The van der Waals surface area contributed by atoms with Crippen LogP contribution in [0.2, 0.25) is 0 Å². The number of amides is 1. The predicted octanol–water partition coefficient (Wildman–Crippen LogP) is 3.80. The molecule has 0 unspecified atom stereocenters. The summed E-state index contributed by atoms with van der Waals surface area (Å²) in [5.74, 6) is 1.31. The number of nitrogens with zero attached hydrogens (tertiary/aromatic N) is 1. The zero-order valence-corrected chi connectivity index (χ0v) is 13.5. The van der Waals surface area contributed by atoms with Gasteiger partial charge in [0, 0.05) is 18.5 Å². The number of ether oxygens (including phenoxy) is 2. The van der Waals surface area contributed by atoms with Crippen molar-refractivity contribution in [2.24, 2.45) is 0 Å². The second-order valence-electron chi connectivity index (χ2n) is 5.16. The van der Waals surface area contributed by atoms with Gasteiger partial charge in [-0.2, -0.15) is 0 Å². The van der Waals surface area contributed by atoms with Gasteiger partial charge >= 0.3 is 0 Å². The van der Waals surface area contributed by atoms with Crippen LogP contribution in [-0.4, -0.2) is 17.5 Å². The number of nitrogens with one attached hydrogen (secondary N) is 1. The highest BCUT2D eigenvalue weighted by Crippen LogP contribution is 2.31. The van der Waals surface area contributed by atoms with Crippen LogP contribution in [0.5, 0.6) is 11.5 Å². The van der Waals surface area contributed by atoms with Gasteiger partial charge in [0.25, 0.3) is 0 Å². The molecule has 0 spiro atoms. The molecule has 122 valence electrons. The van der Waals surface area contributed by atoms with Gasteiger partial charge < -0.3 is 14.8 Å². The van der Waals surface area contributed by atoms with Crippen LogP contribution in [0.1, 0.15) is 32.3 Å². The van der Waals surface area contributed by atoms with E-state index in [4.69, 9.17) is 9.47 Å². The first-order chi connectivity index (χ1) is 11.2. The van der Waals surface area contributed by atoms with Crippen LogP contribution >= 0.6 is 0 Å². The Labute approximate surface area is 136 Å². The third kappa shape index (κ3) is 5.29. The average molecular weight is 314 g/mol. The largest absolute Gasteiger partial charge is 0.491 e.